The fraction of sp³-hybridized carbons (Fsp3) is 0.533. The molecule has 0 aliphatic rings. The van der Waals surface area contributed by atoms with E-state index in [2.05, 4.69) is 5.32 Å². The van der Waals surface area contributed by atoms with Crippen LogP contribution in [-0.4, -0.2) is 18.0 Å². The number of carbonyl (C=O) groups is 1. The van der Waals surface area contributed by atoms with Gasteiger partial charge in [-0.25, -0.2) is 0 Å². The van der Waals surface area contributed by atoms with Crippen molar-refractivity contribution >= 4 is 17.5 Å². The van der Waals surface area contributed by atoms with Gasteiger partial charge in [-0.3, -0.25) is 4.79 Å². The molecule has 1 aromatic rings. The molecular weight excluding hydrogens is 260 g/mol. The Hall–Kier alpha value is -1.06. The minimum Gasteiger partial charge on any atom is -0.352 e. The van der Waals surface area contributed by atoms with Crippen molar-refractivity contribution in [2.75, 3.05) is 0 Å². The van der Waals surface area contributed by atoms with Crippen molar-refractivity contribution in [3.8, 4) is 0 Å². The van der Waals surface area contributed by atoms with Gasteiger partial charge in [0.2, 0.25) is 5.91 Å². The van der Waals surface area contributed by atoms with Crippen molar-refractivity contribution in [2.45, 2.75) is 45.7 Å². The molecule has 0 aliphatic carbocycles. The molecule has 19 heavy (non-hydrogen) atoms. The normalized spacial score (nSPS) is 15.6. The lowest BCUT2D eigenvalue weighted by atomic mass is 9.98. The highest BCUT2D eigenvalue weighted by atomic mass is 35.5. The second-order valence-corrected chi connectivity index (χ2v) is 5.59. The van der Waals surface area contributed by atoms with Gasteiger partial charge < -0.3 is 11.1 Å². The first-order valence-corrected chi connectivity index (χ1v) is 7.12. The Kier molecular flexibility index (Phi) is 6.32. The number of benzene rings is 1. The molecule has 0 radical (unpaired) electrons. The number of hydrogen-bond donors (Lipinski definition) is 2. The zero-order valence-corrected chi connectivity index (χ0v) is 12.6. The van der Waals surface area contributed by atoms with E-state index < -0.39 is 6.04 Å². The van der Waals surface area contributed by atoms with E-state index in [0.717, 1.165) is 18.4 Å². The number of rotatable bonds is 6. The highest BCUT2D eigenvalue weighted by Crippen LogP contribution is 2.12. The van der Waals surface area contributed by atoms with Gasteiger partial charge in [0.25, 0.3) is 0 Å². The van der Waals surface area contributed by atoms with Gasteiger partial charge >= 0.3 is 0 Å². The van der Waals surface area contributed by atoms with Crippen LogP contribution in [-0.2, 0) is 11.2 Å². The summed E-state index contributed by atoms with van der Waals surface area (Å²) in [6.07, 6.45) is 1.65. The van der Waals surface area contributed by atoms with E-state index in [1.807, 2.05) is 45.0 Å². The molecule has 0 aromatic heterocycles. The van der Waals surface area contributed by atoms with E-state index in [9.17, 15) is 4.79 Å². The number of hydrogen-bond acceptors (Lipinski definition) is 2. The molecule has 106 valence electrons. The van der Waals surface area contributed by atoms with Gasteiger partial charge in [-0.05, 0) is 37.0 Å². The molecule has 0 aliphatic heterocycles. The number of halogens is 1. The monoisotopic (exact) mass is 282 g/mol. The van der Waals surface area contributed by atoms with Crippen LogP contribution in [0.5, 0.6) is 0 Å². The second-order valence-electron chi connectivity index (χ2n) is 5.15. The summed E-state index contributed by atoms with van der Waals surface area (Å²) in [4.78, 5) is 11.9. The van der Waals surface area contributed by atoms with Gasteiger partial charge in [-0.2, -0.15) is 0 Å². The molecule has 1 amide bonds. The molecule has 0 heterocycles. The van der Waals surface area contributed by atoms with Crippen LogP contribution >= 0.6 is 11.6 Å². The molecule has 1 aromatic carbocycles. The molecule has 0 fully saturated rings. The van der Waals surface area contributed by atoms with Crippen LogP contribution in [0.4, 0.5) is 0 Å². The SMILES string of the molecule is CCC(C)[C@H](N)C(=O)NC(C)Cc1cccc(Cl)c1. The Bertz CT molecular complexity index is 422. The predicted octanol–water partition coefficient (Wildman–Crippen LogP) is 2.76. The molecule has 3 N–H and O–H groups in total. The van der Waals surface area contributed by atoms with E-state index >= 15 is 0 Å². The highest BCUT2D eigenvalue weighted by molar-refractivity contribution is 6.30. The number of amides is 1. The summed E-state index contributed by atoms with van der Waals surface area (Å²) >= 11 is 5.94. The molecule has 0 saturated heterocycles. The second kappa shape index (κ2) is 7.51. The minimum atomic E-state index is -0.438. The summed E-state index contributed by atoms with van der Waals surface area (Å²) in [5.74, 6) is 0.113. The molecule has 0 bridgehead atoms. The molecule has 4 heteroatoms. The molecule has 0 spiro atoms. The fourth-order valence-corrected chi connectivity index (χ4v) is 2.13. The fourth-order valence-electron chi connectivity index (χ4n) is 1.92. The Morgan fingerprint density at radius 2 is 2.11 bits per heavy atom. The molecule has 3 atom stereocenters. The van der Waals surface area contributed by atoms with Crippen molar-refractivity contribution in [3.05, 3.63) is 34.9 Å². The van der Waals surface area contributed by atoms with Crippen LogP contribution in [0.3, 0.4) is 0 Å². The van der Waals surface area contributed by atoms with Crippen LogP contribution in [0.1, 0.15) is 32.8 Å². The van der Waals surface area contributed by atoms with Crippen LogP contribution in [0.25, 0.3) is 0 Å². The maximum Gasteiger partial charge on any atom is 0.237 e. The first-order valence-electron chi connectivity index (χ1n) is 6.74. The summed E-state index contributed by atoms with van der Waals surface area (Å²) < 4.78 is 0. The molecule has 1 rings (SSSR count). The third kappa shape index (κ3) is 5.21. The number of carbonyl (C=O) groups excluding carboxylic acids is 1. The topological polar surface area (TPSA) is 55.1 Å². The van der Waals surface area contributed by atoms with E-state index in [0.29, 0.717) is 5.02 Å². The summed E-state index contributed by atoms with van der Waals surface area (Å²) in [6, 6.07) is 7.28. The largest absolute Gasteiger partial charge is 0.352 e. The van der Waals surface area contributed by atoms with Gasteiger partial charge in [0.1, 0.15) is 0 Å². The van der Waals surface area contributed by atoms with Gasteiger partial charge in [-0.15, -0.1) is 0 Å². The van der Waals surface area contributed by atoms with Crippen LogP contribution in [0.2, 0.25) is 5.02 Å². The maximum atomic E-state index is 11.9. The van der Waals surface area contributed by atoms with E-state index in [1.54, 1.807) is 0 Å². The highest BCUT2D eigenvalue weighted by Gasteiger charge is 2.20. The molecular formula is C15H23ClN2O. The van der Waals surface area contributed by atoms with Gasteiger partial charge in [0, 0.05) is 11.1 Å². The average Bonchev–Trinajstić information content (AvgIpc) is 2.36. The lowest BCUT2D eigenvalue weighted by Crippen LogP contribution is -2.48. The molecule has 3 nitrogen and oxygen atoms in total. The van der Waals surface area contributed by atoms with Crippen molar-refractivity contribution in [1.29, 1.82) is 0 Å². The number of nitrogens with two attached hydrogens (primary N) is 1. The van der Waals surface area contributed by atoms with Gasteiger partial charge in [-0.1, -0.05) is 44.0 Å². The third-order valence-corrected chi connectivity index (χ3v) is 3.61. The minimum absolute atomic E-state index is 0.0427. The Morgan fingerprint density at radius 1 is 1.42 bits per heavy atom. The van der Waals surface area contributed by atoms with Crippen molar-refractivity contribution < 1.29 is 4.79 Å². The maximum absolute atomic E-state index is 11.9. The third-order valence-electron chi connectivity index (χ3n) is 3.38. The Labute approximate surface area is 120 Å². The van der Waals surface area contributed by atoms with E-state index in [1.165, 1.54) is 0 Å². The van der Waals surface area contributed by atoms with Gasteiger partial charge in [0.15, 0.2) is 0 Å². The first kappa shape index (κ1) is 16.0. The first-order chi connectivity index (χ1) is 8.93. The van der Waals surface area contributed by atoms with Crippen molar-refractivity contribution in [3.63, 3.8) is 0 Å². The van der Waals surface area contributed by atoms with Crippen LogP contribution < -0.4 is 11.1 Å². The number of nitrogens with one attached hydrogen (secondary N) is 1. The molecule has 2 unspecified atom stereocenters. The van der Waals surface area contributed by atoms with Crippen LogP contribution in [0.15, 0.2) is 24.3 Å². The van der Waals surface area contributed by atoms with E-state index in [-0.39, 0.29) is 17.9 Å². The quantitative estimate of drug-likeness (QED) is 0.843. The summed E-state index contributed by atoms with van der Waals surface area (Å²) in [6.45, 7) is 6.00. The average molecular weight is 283 g/mol. The Morgan fingerprint density at radius 3 is 2.68 bits per heavy atom. The summed E-state index contributed by atoms with van der Waals surface area (Å²) in [5.41, 5.74) is 7.01. The molecule has 0 saturated carbocycles. The van der Waals surface area contributed by atoms with Crippen LogP contribution in [0, 0.1) is 5.92 Å². The summed E-state index contributed by atoms with van der Waals surface area (Å²) in [7, 11) is 0. The lowest BCUT2D eigenvalue weighted by molar-refractivity contribution is -0.124. The Balaban J connectivity index is 2.51. The predicted molar refractivity (Wildman–Crippen MR) is 80.2 cm³/mol. The van der Waals surface area contributed by atoms with Crippen molar-refractivity contribution in [1.82, 2.24) is 5.32 Å². The van der Waals surface area contributed by atoms with E-state index in [4.69, 9.17) is 17.3 Å². The lowest BCUT2D eigenvalue weighted by Gasteiger charge is -2.21. The smallest absolute Gasteiger partial charge is 0.237 e. The summed E-state index contributed by atoms with van der Waals surface area (Å²) in [5, 5.41) is 3.67. The van der Waals surface area contributed by atoms with Crippen molar-refractivity contribution in [2.24, 2.45) is 11.7 Å². The van der Waals surface area contributed by atoms with Gasteiger partial charge in [0.05, 0.1) is 6.04 Å². The zero-order valence-electron chi connectivity index (χ0n) is 11.8. The standard InChI is InChI=1S/C15H23ClN2O/c1-4-10(2)14(17)15(19)18-11(3)8-12-6-5-7-13(16)9-12/h5-7,9-11,14H,4,8,17H2,1-3H3,(H,18,19)/t10?,11?,14-/m0/s1. The zero-order chi connectivity index (χ0) is 14.4.